The standard InChI is InChI=1S/C9H11N3S2/c1-2-10-3-7-5-13-9(12-7)8-4-11-6-14-8/h4-6,10H,2-3H2,1H3. The van der Waals surface area contributed by atoms with Crippen molar-refractivity contribution in [2.75, 3.05) is 6.54 Å². The Balaban J connectivity index is 2.10. The van der Waals surface area contributed by atoms with Crippen LogP contribution < -0.4 is 5.32 Å². The van der Waals surface area contributed by atoms with Gasteiger partial charge in [0.2, 0.25) is 0 Å². The van der Waals surface area contributed by atoms with Crippen molar-refractivity contribution in [3.8, 4) is 9.88 Å². The largest absolute Gasteiger partial charge is 0.311 e. The van der Waals surface area contributed by atoms with Crippen LogP contribution in [0, 0.1) is 0 Å². The summed E-state index contributed by atoms with van der Waals surface area (Å²) in [6, 6.07) is 0. The van der Waals surface area contributed by atoms with Crippen LogP contribution in [0.2, 0.25) is 0 Å². The number of hydrogen-bond donors (Lipinski definition) is 1. The van der Waals surface area contributed by atoms with Gasteiger partial charge in [-0.15, -0.1) is 22.7 Å². The molecule has 0 aromatic carbocycles. The van der Waals surface area contributed by atoms with Crippen LogP contribution in [-0.4, -0.2) is 16.5 Å². The molecule has 0 aliphatic rings. The molecule has 2 heterocycles. The van der Waals surface area contributed by atoms with Crippen molar-refractivity contribution in [3.05, 3.63) is 22.8 Å². The lowest BCUT2D eigenvalue weighted by Gasteiger charge is -1.94. The van der Waals surface area contributed by atoms with Crippen LogP contribution in [0.15, 0.2) is 17.1 Å². The fourth-order valence-electron chi connectivity index (χ4n) is 1.08. The summed E-state index contributed by atoms with van der Waals surface area (Å²) in [7, 11) is 0. The molecule has 0 saturated heterocycles. The molecule has 0 fully saturated rings. The Labute approximate surface area is 90.9 Å². The van der Waals surface area contributed by atoms with Gasteiger partial charge in [0, 0.05) is 18.1 Å². The van der Waals surface area contributed by atoms with Crippen molar-refractivity contribution >= 4 is 22.7 Å². The van der Waals surface area contributed by atoms with Crippen molar-refractivity contribution in [1.29, 1.82) is 0 Å². The molecule has 0 amide bonds. The van der Waals surface area contributed by atoms with Crippen LogP contribution in [0.5, 0.6) is 0 Å². The van der Waals surface area contributed by atoms with E-state index in [1.54, 1.807) is 22.7 Å². The first-order valence-electron chi connectivity index (χ1n) is 4.44. The van der Waals surface area contributed by atoms with Crippen molar-refractivity contribution in [2.24, 2.45) is 0 Å². The van der Waals surface area contributed by atoms with Crippen LogP contribution in [0.1, 0.15) is 12.6 Å². The third kappa shape index (κ3) is 2.17. The molecule has 0 spiro atoms. The number of rotatable bonds is 4. The van der Waals surface area contributed by atoms with Crippen LogP contribution in [0.25, 0.3) is 9.88 Å². The van der Waals surface area contributed by atoms with E-state index in [0.29, 0.717) is 0 Å². The van der Waals surface area contributed by atoms with Gasteiger partial charge in [-0.25, -0.2) is 4.98 Å². The van der Waals surface area contributed by atoms with Gasteiger partial charge >= 0.3 is 0 Å². The molecule has 2 rings (SSSR count). The Bertz CT molecular complexity index is 380. The molecule has 0 radical (unpaired) electrons. The van der Waals surface area contributed by atoms with Gasteiger partial charge in [0.1, 0.15) is 5.01 Å². The van der Waals surface area contributed by atoms with E-state index in [4.69, 9.17) is 0 Å². The Hall–Kier alpha value is -0.780. The van der Waals surface area contributed by atoms with Gasteiger partial charge in [-0.1, -0.05) is 6.92 Å². The minimum Gasteiger partial charge on any atom is -0.311 e. The van der Waals surface area contributed by atoms with Gasteiger partial charge in [-0.05, 0) is 6.54 Å². The highest BCUT2D eigenvalue weighted by atomic mass is 32.1. The molecule has 5 heteroatoms. The normalized spacial score (nSPS) is 10.6. The van der Waals surface area contributed by atoms with Crippen LogP contribution in [0.4, 0.5) is 0 Å². The first-order chi connectivity index (χ1) is 6.90. The first-order valence-corrected chi connectivity index (χ1v) is 6.20. The second-order valence-electron chi connectivity index (χ2n) is 2.79. The summed E-state index contributed by atoms with van der Waals surface area (Å²) >= 11 is 3.31. The SMILES string of the molecule is CCNCc1csc(-c2cncs2)n1. The number of nitrogens with one attached hydrogen (secondary N) is 1. The molecule has 0 aliphatic heterocycles. The summed E-state index contributed by atoms with van der Waals surface area (Å²) in [5.74, 6) is 0. The molecule has 3 nitrogen and oxygen atoms in total. The lowest BCUT2D eigenvalue weighted by Crippen LogP contribution is -2.11. The Kier molecular flexibility index (Phi) is 3.23. The maximum Gasteiger partial charge on any atom is 0.135 e. The van der Waals surface area contributed by atoms with E-state index in [1.165, 1.54) is 0 Å². The Morgan fingerprint density at radius 3 is 3.07 bits per heavy atom. The lowest BCUT2D eigenvalue weighted by atomic mass is 10.4. The van der Waals surface area contributed by atoms with Gasteiger partial charge in [0.15, 0.2) is 0 Å². The highest BCUT2D eigenvalue weighted by Crippen LogP contribution is 2.26. The van der Waals surface area contributed by atoms with Crippen LogP contribution >= 0.6 is 22.7 Å². The molecule has 0 saturated carbocycles. The zero-order valence-electron chi connectivity index (χ0n) is 7.86. The molecule has 0 unspecified atom stereocenters. The average molecular weight is 225 g/mol. The highest BCUT2D eigenvalue weighted by Gasteiger charge is 2.04. The van der Waals surface area contributed by atoms with E-state index in [1.807, 2.05) is 11.7 Å². The number of aromatic nitrogens is 2. The lowest BCUT2D eigenvalue weighted by molar-refractivity contribution is 0.715. The van der Waals surface area contributed by atoms with Crippen molar-refractivity contribution in [2.45, 2.75) is 13.5 Å². The molecule has 0 bridgehead atoms. The monoisotopic (exact) mass is 225 g/mol. The quantitative estimate of drug-likeness (QED) is 0.868. The van der Waals surface area contributed by atoms with Crippen molar-refractivity contribution in [1.82, 2.24) is 15.3 Å². The third-order valence-corrected chi connectivity index (χ3v) is 3.58. The van der Waals surface area contributed by atoms with Gasteiger partial charge in [-0.3, -0.25) is 4.98 Å². The molecule has 1 N–H and O–H groups in total. The fraction of sp³-hybridized carbons (Fsp3) is 0.333. The molecule has 74 valence electrons. The molecule has 2 aromatic rings. The van der Waals surface area contributed by atoms with Gasteiger partial charge in [0.25, 0.3) is 0 Å². The number of nitrogens with zero attached hydrogens (tertiary/aromatic N) is 2. The van der Waals surface area contributed by atoms with E-state index in [2.05, 4.69) is 27.6 Å². The summed E-state index contributed by atoms with van der Waals surface area (Å²) in [5.41, 5.74) is 2.95. The van der Waals surface area contributed by atoms with E-state index >= 15 is 0 Å². The second-order valence-corrected chi connectivity index (χ2v) is 4.53. The molecule has 0 aliphatic carbocycles. The molecular formula is C9H11N3S2. The number of hydrogen-bond acceptors (Lipinski definition) is 5. The van der Waals surface area contributed by atoms with Gasteiger partial charge in [0.05, 0.1) is 16.1 Å². The summed E-state index contributed by atoms with van der Waals surface area (Å²) in [6.07, 6.45) is 1.86. The summed E-state index contributed by atoms with van der Waals surface area (Å²) in [6.45, 7) is 3.93. The fourth-order valence-corrected chi connectivity index (χ4v) is 2.59. The predicted octanol–water partition coefficient (Wildman–Crippen LogP) is 2.38. The van der Waals surface area contributed by atoms with Crippen molar-refractivity contribution in [3.63, 3.8) is 0 Å². The maximum absolute atomic E-state index is 4.52. The smallest absolute Gasteiger partial charge is 0.135 e. The molecule has 0 atom stereocenters. The van der Waals surface area contributed by atoms with Gasteiger partial charge in [-0.2, -0.15) is 0 Å². The first kappa shape index (κ1) is 9.76. The molecule has 2 aromatic heterocycles. The van der Waals surface area contributed by atoms with E-state index < -0.39 is 0 Å². The third-order valence-electron chi connectivity index (χ3n) is 1.75. The Morgan fingerprint density at radius 1 is 1.43 bits per heavy atom. The highest BCUT2D eigenvalue weighted by molar-refractivity contribution is 7.19. The predicted molar refractivity (Wildman–Crippen MR) is 60.6 cm³/mol. The molecule has 14 heavy (non-hydrogen) atoms. The average Bonchev–Trinajstić information content (AvgIpc) is 2.85. The minimum absolute atomic E-state index is 0.853. The van der Waals surface area contributed by atoms with Gasteiger partial charge < -0.3 is 5.32 Å². The second kappa shape index (κ2) is 4.63. The zero-order chi connectivity index (χ0) is 9.80. The summed E-state index contributed by atoms with van der Waals surface area (Å²) in [5, 5.41) is 6.42. The molecular weight excluding hydrogens is 214 g/mol. The van der Waals surface area contributed by atoms with E-state index in [-0.39, 0.29) is 0 Å². The zero-order valence-corrected chi connectivity index (χ0v) is 9.49. The topological polar surface area (TPSA) is 37.8 Å². The van der Waals surface area contributed by atoms with E-state index in [0.717, 1.165) is 28.7 Å². The van der Waals surface area contributed by atoms with Crippen molar-refractivity contribution < 1.29 is 0 Å². The Morgan fingerprint density at radius 2 is 2.36 bits per heavy atom. The van der Waals surface area contributed by atoms with E-state index in [9.17, 15) is 0 Å². The maximum atomic E-state index is 4.52. The summed E-state index contributed by atoms with van der Waals surface area (Å²) in [4.78, 5) is 9.71. The minimum atomic E-state index is 0.853. The van der Waals surface area contributed by atoms with Crippen LogP contribution in [0.3, 0.4) is 0 Å². The summed E-state index contributed by atoms with van der Waals surface area (Å²) < 4.78 is 0. The number of thiazole rings is 2. The van der Waals surface area contributed by atoms with Crippen LogP contribution in [-0.2, 0) is 6.54 Å².